The molecule has 0 saturated carbocycles. The number of pyridine rings is 1. The molecule has 0 atom stereocenters. The maximum atomic E-state index is 12.2. The number of anilines is 1. The summed E-state index contributed by atoms with van der Waals surface area (Å²) in [5.41, 5.74) is 1.38. The normalized spacial score (nSPS) is 10.6. The number of ether oxygens (including phenoxy) is 2. The zero-order valence-electron chi connectivity index (χ0n) is 16.3. The van der Waals surface area contributed by atoms with Crippen LogP contribution in [0.25, 0.3) is 5.65 Å². The molecule has 0 aliphatic heterocycles. The molecule has 0 radical (unpaired) electrons. The number of para-hydroxylation sites is 1. The van der Waals surface area contributed by atoms with Gasteiger partial charge in [-0.15, -0.1) is 0 Å². The SMILES string of the molecule is O=C(COc1ccccc1)Nc1ccc(OCc2cc(=O)n3cc(Cl)ccc3n2)cc1. The minimum atomic E-state index is -0.265. The van der Waals surface area contributed by atoms with Gasteiger partial charge in [-0.3, -0.25) is 14.0 Å². The van der Waals surface area contributed by atoms with Crippen molar-refractivity contribution in [3.05, 3.63) is 100 Å². The number of hydrogen-bond donors (Lipinski definition) is 1. The number of aromatic nitrogens is 2. The molecule has 0 bridgehead atoms. The average Bonchev–Trinajstić information content (AvgIpc) is 2.78. The molecular formula is C23H18ClN3O4. The van der Waals surface area contributed by atoms with E-state index in [-0.39, 0.29) is 24.7 Å². The van der Waals surface area contributed by atoms with Crippen LogP contribution >= 0.6 is 11.6 Å². The van der Waals surface area contributed by atoms with Crippen LogP contribution in [0.5, 0.6) is 11.5 Å². The van der Waals surface area contributed by atoms with Crippen molar-refractivity contribution in [1.29, 1.82) is 0 Å². The fraction of sp³-hybridized carbons (Fsp3) is 0.0870. The van der Waals surface area contributed by atoms with E-state index < -0.39 is 0 Å². The van der Waals surface area contributed by atoms with Crippen LogP contribution in [0.15, 0.2) is 83.8 Å². The van der Waals surface area contributed by atoms with Gasteiger partial charge in [-0.1, -0.05) is 29.8 Å². The monoisotopic (exact) mass is 435 g/mol. The number of rotatable bonds is 7. The third-order valence-corrected chi connectivity index (χ3v) is 4.54. The molecule has 0 unspecified atom stereocenters. The Bertz CT molecular complexity index is 1260. The molecule has 2 aromatic heterocycles. The second-order valence-corrected chi connectivity index (χ2v) is 7.06. The predicted octanol–water partition coefficient (Wildman–Crippen LogP) is 3.94. The minimum Gasteiger partial charge on any atom is -0.487 e. The van der Waals surface area contributed by atoms with Crippen LogP contribution in [0.2, 0.25) is 5.02 Å². The molecule has 2 aromatic carbocycles. The summed E-state index contributed by atoms with van der Waals surface area (Å²) in [5.74, 6) is 0.946. The van der Waals surface area contributed by atoms with Gasteiger partial charge < -0.3 is 14.8 Å². The van der Waals surface area contributed by atoms with Crippen molar-refractivity contribution in [3.63, 3.8) is 0 Å². The summed E-state index contributed by atoms with van der Waals surface area (Å²) in [6.45, 7) is 0.0433. The number of amides is 1. The van der Waals surface area contributed by atoms with E-state index in [4.69, 9.17) is 21.1 Å². The topological polar surface area (TPSA) is 81.9 Å². The maximum Gasteiger partial charge on any atom is 0.262 e. The lowest BCUT2D eigenvalue weighted by Crippen LogP contribution is -2.20. The van der Waals surface area contributed by atoms with Crippen molar-refractivity contribution in [3.8, 4) is 11.5 Å². The smallest absolute Gasteiger partial charge is 0.262 e. The number of benzene rings is 2. The van der Waals surface area contributed by atoms with Gasteiger partial charge in [-0.05, 0) is 48.5 Å². The van der Waals surface area contributed by atoms with Crippen molar-refractivity contribution in [1.82, 2.24) is 9.38 Å². The largest absolute Gasteiger partial charge is 0.487 e. The van der Waals surface area contributed by atoms with Gasteiger partial charge in [-0.2, -0.15) is 0 Å². The first-order valence-electron chi connectivity index (χ1n) is 9.45. The predicted molar refractivity (Wildman–Crippen MR) is 118 cm³/mol. The Kier molecular flexibility index (Phi) is 6.14. The molecule has 1 N–H and O–H groups in total. The average molecular weight is 436 g/mol. The molecule has 2 heterocycles. The summed E-state index contributed by atoms with van der Waals surface area (Å²) in [5, 5.41) is 3.22. The molecule has 4 rings (SSSR count). The highest BCUT2D eigenvalue weighted by atomic mass is 35.5. The highest BCUT2D eigenvalue weighted by molar-refractivity contribution is 6.30. The quantitative estimate of drug-likeness (QED) is 0.475. The standard InChI is InChI=1S/C23H18ClN3O4/c24-16-6-11-21-25-18(12-23(29)27(21)13-16)14-30-20-9-7-17(8-10-20)26-22(28)15-31-19-4-2-1-3-5-19/h1-13H,14-15H2,(H,26,28). The Hall–Kier alpha value is -3.84. The molecule has 0 aliphatic carbocycles. The van der Waals surface area contributed by atoms with Crippen LogP contribution in [-0.4, -0.2) is 21.9 Å². The van der Waals surface area contributed by atoms with Crippen LogP contribution in [0, 0.1) is 0 Å². The van der Waals surface area contributed by atoms with Crippen LogP contribution in [0.1, 0.15) is 5.69 Å². The van der Waals surface area contributed by atoms with Crippen molar-refractivity contribution >= 4 is 28.8 Å². The summed E-state index contributed by atoms with van der Waals surface area (Å²) < 4.78 is 12.5. The number of halogens is 1. The van der Waals surface area contributed by atoms with E-state index in [1.165, 1.54) is 16.7 Å². The Morgan fingerprint density at radius 1 is 0.968 bits per heavy atom. The van der Waals surface area contributed by atoms with Gasteiger partial charge in [0.1, 0.15) is 23.8 Å². The summed E-state index contributed by atoms with van der Waals surface area (Å²) in [4.78, 5) is 28.6. The lowest BCUT2D eigenvalue weighted by atomic mass is 10.3. The third-order valence-electron chi connectivity index (χ3n) is 4.31. The maximum absolute atomic E-state index is 12.2. The van der Waals surface area contributed by atoms with Gasteiger partial charge in [0, 0.05) is 18.0 Å². The molecule has 156 valence electrons. The molecule has 0 aliphatic rings. The second-order valence-electron chi connectivity index (χ2n) is 6.62. The van der Waals surface area contributed by atoms with Gasteiger partial charge in [0.15, 0.2) is 6.61 Å². The van der Waals surface area contributed by atoms with Crippen molar-refractivity contribution in [2.75, 3.05) is 11.9 Å². The van der Waals surface area contributed by atoms with E-state index in [1.54, 1.807) is 48.5 Å². The van der Waals surface area contributed by atoms with Gasteiger partial charge in [0.25, 0.3) is 11.5 Å². The number of nitrogens with zero attached hydrogens (tertiary/aromatic N) is 2. The summed E-state index contributed by atoms with van der Waals surface area (Å²) >= 11 is 5.92. The first kappa shape index (κ1) is 20.4. The number of hydrogen-bond acceptors (Lipinski definition) is 5. The molecule has 1 amide bonds. The second kappa shape index (κ2) is 9.32. The lowest BCUT2D eigenvalue weighted by molar-refractivity contribution is -0.118. The zero-order valence-corrected chi connectivity index (χ0v) is 17.1. The fourth-order valence-electron chi connectivity index (χ4n) is 2.85. The van der Waals surface area contributed by atoms with E-state index in [0.29, 0.717) is 33.6 Å². The first-order valence-corrected chi connectivity index (χ1v) is 9.83. The number of nitrogens with one attached hydrogen (secondary N) is 1. The van der Waals surface area contributed by atoms with E-state index in [1.807, 2.05) is 18.2 Å². The van der Waals surface area contributed by atoms with E-state index in [9.17, 15) is 9.59 Å². The van der Waals surface area contributed by atoms with E-state index >= 15 is 0 Å². The van der Waals surface area contributed by atoms with Crippen molar-refractivity contribution < 1.29 is 14.3 Å². The molecule has 0 saturated heterocycles. The fourth-order valence-corrected chi connectivity index (χ4v) is 3.02. The van der Waals surface area contributed by atoms with Crippen LogP contribution < -0.4 is 20.3 Å². The first-order chi connectivity index (χ1) is 15.1. The molecule has 0 spiro atoms. The minimum absolute atomic E-state index is 0.0867. The summed E-state index contributed by atoms with van der Waals surface area (Å²) in [6, 6.07) is 20.8. The number of carbonyl (C=O) groups excluding carboxylic acids is 1. The van der Waals surface area contributed by atoms with Crippen molar-refractivity contribution in [2.45, 2.75) is 6.61 Å². The van der Waals surface area contributed by atoms with Gasteiger partial charge in [-0.25, -0.2) is 4.98 Å². The molecule has 0 fully saturated rings. The summed E-state index contributed by atoms with van der Waals surface area (Å²) in [7, 11) is 0. The van der Waals surface area contributed by atoms with Crippen LogP contribution in [0.3, 0.4) is 0 Å². The highest BCUT2D eigenvalue weighted by Crippen LogP contribution is 2.17. The highest BCUT2D eigenvalue weighted by Gasteiger charge is 2.06. The van der Waals surface area contributed by atoms with Crippen molar-refractivity contribution in [2.24, 2.45) is 0 Å². The van der Waals surface area contributed by atoms with E-state index in [0.717, 1.165) is 0 Å². The Morgan fingerprint density at radius 2 is 1.71 bits per heavy atom. The Labute approximate surface area is 182 Å². The molecular weight excluding hydrogens is 418 g/mol. The molecule has 8 heteroatoms. The Balaban J connectivity index is 1.32. The van der Waals surface area contributed by atoms with E-state index in [2.05, 4.69) is 10.3 Å². The molecule has 31 heavy (non-hydrogen) atoms. The van der Waals surface area contributed by atoms with Gasteiger partial charge >= 0.3 is 0 Å². The summed E-state index contributed by atoms with van der Waals surface area (Å²) in [6.07, 6.45) is 1.52. The number of carbonyl (C=O) groups is 1. The lowest BCUT2D eigenvalue weighted by Gasteiger charge is -2.09. The van der Waals surface area contributed by atoms with Gasteiger partial charge in [0.05, 0.1) is 10.7 Å². The van der Waals surface area contributed by atoms with Crippen LogP contribution in [-0.2, 0) is 11.4 Å². The van der Waals surface area contributed by atoms with Gasteiger partial charge in [0.2, 0.25) is 0 Å². The molecule has 7 nitrogen and oxygen atoms in total. The van der Waals surface area contributed by atoms with Crippen LogP contribution in [0.4, 0.5) is 5.69 Å². The third kappa shape index (κ3) is 5.40. The zero-order chi connectivity index (χ0) is 21.6. The molecule has 4 aromatic rings. The number of fused-ring (bicyclic) bond motifs is 1. The Morgan fingerprint density at radius 3 is 2.48 bits per heavy atom.